The number of aromatic carboxylic acids is 1. The highest BCUT2D eigenvalue weighted by Gasteiger charge is 2.08. The first-order chi connectivity index (χ1) is 8.47. The maximum Gasteiger partial charge on any atom is 0.335 e. The molecule has 0 aliphatic heterocycles. The maximum atomic E-state index is 10.8. The molecule has 0 saturated heterocycles. The van der Waals surface area contributed by atoms with Gasteiger partial charge in [-0.05, 0) is 37.6 Å². The minimum Gasteiger partial charge on any atom is -0.478 e. The zero-order valence-electron chi connectivity index (χ0n) is 10.1. The summed E-state index contributed by atoms with van der Waals surface area (Å²) in [5, 5.41) is 13.3. The van der Waals surface area contributed by atoms with E-state index in [1.807, 2.05) is 30.7 Å². The third-order valence-electron chi connectivity index (χ3n) is 2.72. The van der Waals surface area contributed by atoms with Crippen molar-refractivity contribution in [2.24, 2.45) is 0 Å². The number of rotatable bonds is 3. The first kappa shape index (κ1) is 12.8. The van der Waals surface area contributed by atoms with Crippen LogP contribution in [0, 0.1) is 13.8 Å². The monoisotopic (exact) mass is 308 g/mol. The summed E-state index contributed by atoms with van der Waals surface area (Å²) in [6.07, 6.45) is 0. The molecule has 0 atom stereocenters. The van der Waals surface area contributed by atoms with Crippen molar-refractivity contribution in [2.45, 2.75) is 20.4 Å². The number of nitrogens with zero attached hydrogens (tertiary/aromatic N) is 2. The van der Waals surface area contributed by atoms with Gasteiger partial charge in [0.1, 0.15) is 0 Å². The Morgan fingerprint density at radius 2 is 2.11 bits per heavy atom. The molecule has 0 spiro atoms. The highest BCUT2D eigenvalue weighted by atomic mass is 79.9. The van der Waals surface area contributed by atoms with Gasteiger partial charge >= 0.3 is 5.97 Å². The molecule has 0 aliphatic rings. The lowest BCUT2D eigenvalue weighted by molar-refractivity contribution is 0.0697. The van der Waals surface area contributed by atoms with Crippen molar-refractivity contribution < 1.29 is 9.90 Å². The number of benzene rings is 1. The molecule has 0 radical (unpaired) electrons. The van der Waals surface area contributed by atoms with Crippen LogP contribution in [0.5, 0.6) is 0 Å². The summed E-state index contributed by atoms with van der Waals surface area (Å²) in [7, 11) is 0. The van der Waals surface area contributed by atoms with Gasteiger partial charge in [-0.1, -0.05) is 22.0 Å². The van der Waals surface area contributed by atoms with Crippen molar-refractivity contribution in [2.75, 3.05) is 0 Å². The molecule has 1 N–H and O–H groups in total. The number of aryl methyl sites for hydroxylation is 2. The van der Waals surface area contributed by atoms with Crippen LogP contribution in [0.25, 0.3) is 0 Å². The molecule has 2 rings (SSSR count). The lowest BCUT2D eigenvalue weighted by Crippen LogP contribution is -2.05. The number of carbonyl (C=O) groups is 1. The van der Waals surface area contributed by atoms with E-state index in [2.05, 4.69) is 21.0 Å². The van der Waals surface area contributed by atoms with E-state index in [-0.39, 0.29) is 5.56 Å². The molecule has 0 fully saturated rings. The van der Waals surface area contributed by atoms with Gasteiger partial charge in [0.25, 0.3) is 0 Å². The summed E-state index contributed by atoms with van der Waals surface area (Å²) >= 11 is 3.40. The Labute approximate surface area is 113 Å². The van der Waals surface area contributed by atoms with E-state index >= 15 is 0 Å². The molecule has 4 nitrogen and oxygen atoms in total. The van der Waals surface area contributed by atoms with Gasteiger partial charge in [-0.2, -0.15) is 5.10 Å². The third kappa shape index (κ3) is 2.61. The first-order valence-electron chi connectivity index (χ1n) is 5.50. The van der Waals surface area contributed by atoms with Crippen LogP contribution in [-0.2, 0) is 6.54 Å². The van der Waals surface area contributed by atoms with Gasteiger partial charge in [-0.3, -0.25) is 4.68 Å². The van der Waals surface area contributed by atoms with Crippen molar-refractivity contribution in [1.82, 2.24) is 9.78 Å². The van der Waals surface area contributed by atoms with E-state index in [1.165, 1.54) is 0 Å². The molecule has 5 heteroatoms. The standard InChI is InChI=1S/C13H13BrN2O2/c1-8-5-9(2)16(15-8)7-11-4-3-10(13(17)18)6-12(11)14/h3-6H,7H2,1-2H3,(H,17,18). The van der Waals surface area contributed by atoms with Gasteiger partial charge in [0, 0.05) is 10.2 Å². The lowest BCUT2D eigenvalue weighted by Gasteiger charge is -2.07. The number of carboxylic acid groups (broad SMARTS) is 1. The number of halogens is 1. The van der Waals surface area contributed by atoms with Crippen LogP contribution in [-0.4, -0.2) is 20.9 Å². The Kier molecular flexibility index (Phi) is 3.52. The molecule has 0 unspecified atom stereocenters. The average Bonchev–Trinajstić information content (AvgIpc) is 2.60. The molecule has 18 heavy (non-hydrogen) atoms. The molecule has 2 aromatic rings. The Morgan fingerprint density at radius 1 is 1.39 bits per heavy atom. The van der Waals surface area contributed by atoms with Crippen LogP contribution in [0.2, 0.25) is 0 Å². The largest absolute Gasteiger partial charge is 0.478 e. The minimum atomic E-state index is -0.923. The quantitative estimate of drug-likeness (QED) is 0.948. The number of hydrogen-bond acceptors (Lipinski definition) is 2. The molecule has 0 saturated carbocycles. The van der Waals surface area contributed by atoms with Crippen LogP contribution in [0.15, 0.2) is 28.7 Å². The summed E-state index contributed by atoms with van der Waals surface area (Å²) in [5.74, 6) is -0.923. The molecule has 1 aromatic carbocycles. The molecule has 0 aliphatic carbocycles. The zero-order chi connectivity index (χ0) is 13.3. The Bertz CT molecular complexity index is 605. The van der Waals surface area contributed by atoms with Crippen molar-refractivity contribution in [3.63, 3.8) is 0 Å². The summed E-state index contributed by atoms with van der Waals surface area (Å²) in [4.78, 5) is 10.8. The van der Waals surface area contributed by atoms with E-state index in [9.17, 15) is 4.79 Å². The van der Waals surface area contributed by atoms with E-state index in [0.29, 0.717) is 6.54 Å². The summed E-state index contributed by atoms with van der Waals surface area (Å²) in [6, 6.07) is 7.04. The van der Waals surface area contributed by atoms with Crippen LogP contribution < -0.4 is 0 Å². The zero-order valence-corrected chi connectivity index (χ0v) is 11.7. The van der Waals surface area contributed by atoms with Gasteiger partial charge in [0.05, 0.1) is 17.8 Å². The molecule has 1 aromatic heterocycles. The van der Waals surface area contributed by atoms with Gasteiger partial charge in [0.2, 0.25) is 0 Å². The average molecular weight is 309 g/mol. The van der Waals surface area contributed by atoms with Gasteiger partial charge in [-0.15, -0.1) is 0 Å². The normalized spacial score (nSPS) is 10.6. The number of aromatic nitrogens is 2. The maximum absolute atomic E-state index is 10.8. The first-order valence-corrected chi connectivity index (χ1v) is 6.29. The van der Waals surface area contributed by atoms with Crippen LogP contribution in [0.3, 0.4) is 0 Å². The number of hydrogen-bond donors (Lipinski definition) is 1. The SMILES string of the molecule is Cc1cc(C)n(Cc2ccc(C(=O)O)cc2Br)n1. The van der Waals surface area contributed by atoms with Gasteiger partial charge in [-0.25, -0.2) is 4.79 Å². The second-order valence-electron chi connectivity index (χ2n) is 4.20. The Morgan fingerprint density at radius 3 is 2.61 bits per heavy atom. The van der Waals surface area contributed by atoms with Crippen LogP contribution >= 0.6 is 15.9 Å². The predicted molar refractivity (Wildman–Crippen MR) is 71.9 cm³/mol. The topological polar surface area (TPSA) is 55.1 Å². The second-order valence-corrected chi connectivity index (χ2v) is 5.05. The molecule has 0 amide bonds. The fourth-order valence-corrected chi connectivity index (χ4v) is 2.31. The molecule has 0 bridgehead atoms. The smallest absolute Gasteiger partial charge is 0.335 e. The third-order valence-corrected chi connectivity index (χ3v) is 3.46. The lowest BCUT2D eigenvalue weighted by atomic mass is 10.1. The van der Waals surface area contributed by atoms with E-state index in [0.717, 1.165) is 21.4 Å². The molecule has 94 valence electrons. The van der Waals surface area contributed by atoms with Crippen LogP contribution in [0.4, 0.5) is 0 Å². The fraction of sp³-hybridized carbons (Fsp3) is 0.231. The van der Waals surface area contributed by atoms with Gasteiger partial charge < -0.3 is 5.11 Å². The van der Waals surface area contributed by atoms with E-state index in [1.54, 1.807) is 12.1 Å². The Hall–Kier alpha value is -1.62. The van der Waals surface area contributed by atoms with Crippen LogP contribution in [0.1, 0.15) is 27.3 Å². The van der Waals surface area contributed by atoms with Crippen molar-refractivity contribution in [3.8, 4) is 0 Å². The minimum absolute atomic E-state index is 0.277. The van der Waals surface area contributed by atoms with E-state index in [4.69, 9.17) is 5.11 Å². The van der Waals surface area contributed by atoms with Crippen molar-refractivity contribution in [3.05, 3.63) is 51.3 Å². The van der Waals surface area contributed by atoms with Crippen molar-refractivity contribution in [1.29, 1.82) is 0 Å². The highest BCUT2D eigenvalue weighted by molar-refractivity contribution is 9.10. The number of carboxylic acids is 1. The molecular weight excluding hydrogens is 296 g/mol. The summed E-state index contributed by atoms with van der Waals surface area (Å²) in [5.41, 5.74) is 3.35. The molecular formula is C13H13BrN2O2. The summed E-state index contributed by atoms with van der Waals surface area (Å²) < 4.78 is 2.69. The van der Waals surface area contributed by atoms with Gasteiger partial charge in [0.15, 0.2) is 0 Å². The second kappa shape index (κ2) is 4.94. The predicted octanol–water partition coefficient (Wildman–Crippen LogP) is 3.01. The Balaban J connectivity index is 2.30. The van der Waals surface area contributed by atoms with E-state index < -0.39 is 5.97 Å². The fourth-order valence-electron chi connectivity index (χ4n) is 1.80. The van der Waals surface area contributed by atoms with Crippen molar-refractivity contribution >= 4 is 21.9 Å². The highest BCUT2D eigenvalue weighted by Crippen LogP contribution is 2.20. The summed E-state index contributed by atoms with van der Waals surface area (Å²) in [6.45, 7) is 4.58. The molecule has 1 heterocycles.